The molecule has 23 heavy (non-hydrogen) atoms. The largest absolute Gasteiger partial charge is 0.497 e. The maximum Gasteiger partial charge on any atom is 0.245 e. The summed E-state index contributed by atoms with van der Waals surface area (Å²) in [5.74, 6) is 0.797. The summed E-state index contributed by atoms with van der Waals surface area (Å²) in [4.78, 5) is 0. The predicted molar refractivity (Wildman–Crippen MR) is 90.5 cm³/mol. The van der Waals surface area contributed by atoms with E-state index in [9.17, 15) is 8.42 Å². The molecule has 1 heterocycles. The number of benzene rings is 2. The van der Waals surface area contributed by atoms with Crippen LogP contribution in [0, 0.1) is 5.92 Å². The van der Waals surface area contributed by atoms with Gasteiger partial charge in [-0.25, -0.2) is 8.42 Å². The highest BCUT2D eigenvalue weighted by Gasteiger charge is 2.72. The third-order valence-electron chi connectivity index (χ3n) is 4.88. The first kappa shape index (κ1) is 14.8. The summed E-state index contributed by atoms with van der Waals surface area (Å²) in [6.45, 7) is 0.500. The van der Waals surface area contributed by atoms with E-state index in [1.165, 1.54) is 4.31 Å². The molecule has 2 aromatic rings. The molecule has 2 aromatic carbocycles. The summed E-state index contributed by atoms with van der Waals surface area (Å²) >= 11 is 6.28. The van der Waals surface area contributed by atoms with Gasteiger partial charge < -0.3 is 4.74 Å². The molecule has 0 spiro atoms. The fourth-order valence-electron chi connectivity index (χ4n) is 3.60. The Labute approximate surface area is 140 Å². The van der Waals surface area contributed by atoms with E-state index < -0.39 is 14.8 Å². The second kappa shape index (κ2) is 4.89. The summed E-state index contributed by atoms with van der Waals surface area (Å²) in [5, 5.41) is 0.523. The lowest BCUT2D eigenvalue weighted by Crippen LogP contribution is -2.33. The number of anilines is 1. The molecule has 4 rings (SSSR count). The maximum absolute atomic E-state index is 13.2. The lowest BCUT2D eigenvalue weighted by atomic mass is 10.1. The summed E-state index contributed by atoms with van der Waals surface area (Å²) in [6.07, 6.45) is 0.645. The Kier molecular flexibility index (Phi) is 3.15. The monoisotopic (exact) mass is 349 g/mol. The Bertz CT molecular complexity index is 866. The first-order valence-corrected chi connectivity index (χ1v) is 9.24. The van der Waals surface area contributed by atoms with Crippen LogP contribution in [-0.4, -0.2) is 22.1 Å². The van der Waals surface area contributed by atoms with Gasteiger partial charge in [0.05, 0.1) is 12.8 Å². The van der Waals surface area contributed by atoms with Crippen molar-refractivity contribution in [2.45, 2.75) is 11.2 Å². The maximum atomic E-state index is 13.2. The minimum atomic E-state index is -3.49. The molecule has 0 aromatic heterocycles. The van der Waals surface area contributed by atoms with Crippen LogP contribution >= 0.6 is 11.6 Å². The van der Waals surface area contributed by atoms with Crippen LogP contribution in [0.15, 0.2) is 48.5 Å². The van der Waals surface area contributed by atoms with E-state index in [0.29, 0.717) is 29.4 Å². The van der Waals surface area contributed by atoms with E-state index in [-0.39, 0.29) is 5.92 Å². The third-order valence-corrected chi connectivity index (χ3v) is 7.79. The number of rotatable bonds is 3. The number of fused-ring (bicyclic) bond motifs is 1. The molecule has 0 bridgehead atoms. The smallest absolute Gasteiger partial charge is 0.245 e. The average Bonchev–Trinajstić information content (AvgIpc) is 3.24. The van der Waals surface area contributed by atoms with Crippen LogP contribution < -0.4 is 9.04 Å². The predicted octanol–water partition coefficient (Wildman–Crippen LogP) is 3.41. The van der Waals surface area contributed by atoms with Gasteiger partial charge in [-0.1, -0.05) is 29.8 Å². The average molecular weight is 350 g/mol. The second-order valence-corrected chi connectivity index (χ2v) is 8.53. The van der Waals surface area contributed by atoms with Gasteiger partial charge in [-0.3, -0.25) is 4.31 Å². The number of hydrogen-bond acceptors (Lipinski definition) is 3. The quantitative estimate of drug-likeness (QED) is 0.853. The van der Waals surface area contributed by atoms with Crippen LogP contribution in [0.1, 0.15) is 12.0 Å². The molecular weight excluding hydrogens is 334 g/mol. The van der Waals surface area contributed by atoms with E-state index >= 15 is 0 Å². The molecular formula is C17H16ClNO3S. The highest BCUT2D eigenvalue weighted by molar-refractivity contribution is 7.94. The molecule has 0 N–H and O–H groups in total. The summed E-state index contributed by atoms with van der Waals surface area (Å²) in [6, 6.07) is 14.4. The molecule has 4 nitrogen and oxygen atoms in total. The zero-order chi connectivity index (χ0) is 16.2. The summed E-state index contributed by atoms with van der Waals surface area (Å²) in [7, 11) is -1.91. The summed E-state index contributed by atoms with van der Waals surface area (Å²) in [5.41, 5.74) is 1.40. The van der Waals surface area contributed by atoms with Crippen LogP contribution in [0.5, 0.6) is 5.75 Å². The Balaban J connectivity index is 1.76. The number of sulfonamides is 1. The van der Waals surface area contributed by atoms with Crippen molar-refractivity contribution >= 4 is 27.3 Å². The zero-order valence-corrected chi connectivity index (χ0v) is 14.1. The minimum Gasteiger partial charge on any atom is -0.497 e. The molecule has 6 heteroatoms. The van der Waals surface area contributed by atoms with Gasteiger partial charge in [0.15, 0.2) is 0 Å². The lowest BCUT2D eigenvalue weighted by molar-refractivity contribution is 0.415. The SMILES string of the molecule is COc1ccc(N2CC3CC3(c3ccccc3Cl)S2(=O)=O)cc1. The van der Waals surface area contributed by atoms with Crippen LogP contribution in [0.4, 0.5) is 5.69 Å². The van der Waals surface area contributed by atoms with Gasteiger partial charge in [-0.15, -0.1) is 0 Å². The third kappa shape index (κ3) is 1.93. The van der Waals surface area contributed by atoms with Gasteiger partial charge in [0.2, 0.25) is 10.0 Å². The second-order valence-electron chi connectivity index (χ2n) is 6.00. The van der Waals surface area contributed by atoms with E-state index in [2.05, 4.69) is 0 Å². The van der Waals surface area contributed by atoms with Gasteiger partial charge in [0, 0.05) is 17.5 Å². The molecule has 2 fully saturated rings. The molecule has 0 amide bonds. The van der Waals surface area contributed by atoms with Crippen molar-refractivity contribution < 1.29 is 13.2 Å². The molecule has 2 unspecified atom stereocenters. The standard InChI is InChI=1S/C17H16ClNO3S/c1-22-14-8-6-13(7-9-14)19-11-12-10-17(12,23(19,20)21)15-4-2-3-5-16(15)18/h2-9,12H,10-11H2,1H3. The van der Waals surface area contributed by atoms with Crippen molar-refractivity contribution in [3.8, 4) is 5.75 Å². The van der Waals surface area contributed by atoms with Crippen molar-refractivity contribution in [3.05, 3.63) is 59.1 Å². The Morgan fingerprint density at radius 3 is 2.52 bits per heavy atom. The van der Waals surface area contributed by atoms with Crippen molar-refractivity contribution in [2.75, 3.05) is 18.0 Å². The van der Waals surface area contributed by atoms with Gasteiger partial charge in [0.25, 0.3) is 0 Å². The zero-order valence-electron chi connectivity index (χ0n) is 12.6. The van der Waals surface area contributed by atoms with Gasteiger partial charge in [0.1, 0.15) is 10.5 Å². The number of nitrogens with zero attached hydrogens (tertiary/aromatic N) is 1. The lowest BCUT2D eigenvalue weighted by Gasteiger charge is -2.24. The fourth-order valence-corrected chi connectivity index (χ4v) is 6.49. The van der Waals surface area contributed by atoms with Crippen molar-refractivity contribution in [3.63, 3.8) is 0 Å². The highest BCUT2D eigenvalue weighted by Crippen LogP contribution is 2.65. The first-order valence-electron chi connectivity index (χ1n) is 7.42. The van der Waals surface area contributed by atoms with Crippen LogP contribution in [-0.2, 0) is 14.8 Å². The van der Waals surface area contributed by atoms with E-state index in [1.807, 2.05) is 18.2 Å². The summed E-state index contributed by atoms with van der Waals surface area (Å²) < 4.78 is 32.2. The van der Waals surface area contributed by atoms with Crippen molar-refractivity contribution in [1.82, 2.24) is 0 Å². The van der Waals surface area contributed by atoms with E-state index in [1.54, 1.807) is 37.4 Å². The number of hydrogen-bond donors (Lipinski definition) is 0. The number of ether oxygens (including phenoxy) is 1. The van der Waals surface area contributed by atoms with Gasteiger partial charge >= 0.3 is 0 Å². The fraction of sp³-hybridized carbons (Fsp3) is 0.294. The van der Waals surface area contributed by atoms with Crippen molar-refractivity contribution in [1.29, 1.82) is 0 Å². The molecule has 0 radical (unpaired) electrons. The molecule has 2 aliphatic rings. The van der Waals surface area contributed by atoms with Gasteiger partial charge in [-0.05, 0) is 42.3 Å². The first-order chi connectivity index (χ1) is 11.0. The molecule has 1 aliphatic heterocycles. The Hall–Kier alpha value is -1.72. The van der Waals surface area contributed by atoms with Crippen molar-refractivity contribution in [2.24, 2.45) is 5.92 Å². The number of methoxy groups -OCH3 is 1. The van der Waals surface area contributed by atoms with Crippen LogP contribution in [0.25, 0.3) is 0 Å². The minimum absolute atomic E-state index is 0.0921. The topological polar surface area (TPSA) is 46.6 Å². The Morgan fingerprint density at radius 2 is 1.87 bits per heavy atom. The molecule has 1 saturated heterocycles. The van der Waals surface area contributed by atoms with Crippen LogP contribution in [0.3, 0.4) is 0 Å². The van der Waals surface area contributed by atoms with E-state index in [4.69, 9.17) is 16.3 Å². The molecule has 1 aliphatic carbocycles. The molecule has 1 saturated carbocycles. The van der Waals surface area contributed by atoms with Gasteiger partial charge in [-0.2, -0.15) is 0 Å². The number of halogens is 1. The molecule has 120 valence electrons. The van der Waals surface area contributed by atoms with E-state index in [0.717, 1.165) is 5.56 Å². The molecule has 2 atom stereocenters. The van der Waals surface area contributed by atoms with Crippen LogP contribution in [0.2, 0.25) is 5.02 Å². The Morgan fingerprint density at radius 1 is 1.17 bits per heavy atom. The highest BCUT2D eigenvalue weighted by atomic mass is 35.5. The normalized spacial score (nSPS) is 27.6.